The molecular weight excluding hydrogens is 293 g/mol. The molecule has 0 aliphatic rings. The second kappa shape index (κ2) is 5.42. The third-order valence-corrected chi connectivity index (χ3v) is 4.47. The van der Waals surface area contributed by atoms with Crippen LogP contribution >= 0.6 is 0 Å². The van der Waals surface area contributed by atoms with Crippen LogP contribution in [0.25, 0.3) is 0 Å². The number of hydrogen-bond donors (Lipinski definition) is 2. The molecule has 0 saturated carbocycles. The molecule has 0 fully saturated rings. The van der Waals surface area contributed by atoms with E-state index < -0.39 is 15.8 Å². The number of nitrogens with two attached hydrogens (primary N) is 1. The van der Waals surface area contributed by atoms with E-state index in [1.54, 1.807) is 19.1 Å². The summed E-state index contributed by atoms with van der Waals surface area (Å²) >= 11 is 0. The summed E-state index contributed by atoms with van der Waals surface area (Å²) in [5.74, 6) is -0.616. The van der Waals surface area contributed by atoms with Crippen molar-refractivity contribution in [1.82, 2.24) is 0 Å². The van der Waals surface area contributed by atoms with Crippen molar-refractivity contribution in [2.75, 3.05) is 10.5 Å². The largest absolute Gasteiger partial charge is 0.398 e. The minimum atomic E-state index is -3.92. The first-order valence-corrected chi connectivity index (χ1v) is 7.41. The molecule has 2 rings (SSSR count). The Morgan fingerprint density at radius 1 is 1.29 bits per heavy atom. The first-order chi connectivity index (χ1) is 9.85. The van der Waals surface area contributed by atoms with E-state index in [9.17, 15) is 12.8 Å². The number of anilines is 2. The van der Waals surface area contributed by atoms with Crippen LogP contribution in [-0.4, -0.2) is 8.42 Å². The fraction of sp³-hybridized carbons (Fsp3) is 0.0714. The van der Waals surface area contributed by atoms with Crippen molar-refractivity contribution >= 4 is 21.4 Å². The molecule has 3 N–H and O–H groups in total. The number of hydrogen-bond acceptors (Lipinski definition) is 4. The van der Waals surface area contributed by atoms with E-state index in [4.69, 9.17) is 11.0 Å². The Labute approximate surface area is 121 Å². The molecule has 0 aromatic heterocycles. The highest BCUT2D eigenvalue weighted by atomic mass is 32.2. The normalized spacial score (nSPS) is 10.9. The van der Waals surface area contributed by atoms with Crippen LogP contribution < -0.4 is 10.5 Å². The van der Waals surface area contributed by atoms with Crippen molar-refractivity contribution in [2.45, 2.75) is 11.8 Å². The van der Waals surface area contributed by atoms with Crippen molar-refractivity contribution in [1.29, 1.82) is 5.26 Å². The molecule has 2 aromatic carbocycles. The lowest BCUT2D eigenvalue weighted by molar-refractivity contribution is 0.600. The second-order valence-corrected chi connectivity index (χ2v) is 6.03. The van der Waals surface area contributed by atoms with Crippen molar-refractivity contribution in [3.05, 3.63) is 53.3 Å². The van der Waals surface area contributed by atoms with E-state index >= 15 is 0 Å². The van der Waals surface area contributed by atoms with Gasteiger partial charge >= 0.3 is 0 Å². The molecule has 7 heteroatoms. The van der Waals surface area contributed by atoms with Gasteiger partial charge < -0.3 is 5.73 Å². The van der Waals surface area contributed by atoms with Gasteiger partial charge in [0.05, 0.1) is 16.1 Å². The Hall–Kier alpha value is -2.59. The van der Waals surface area contributed by atoms with Gasteiger partial charge in [0.2, 0.25) is 0 Å². The van der Waals surface area contributed by atoms with E-state index in [2.05, 4.69) is 4.72 Å². The van der Waals surface area contributed by atoms with Gasteiger partial charge in [-0.3, -0.25) is 4.72 Å². The molecule has 5 nitrogen and oxygen atoms in total. The second-order valence-electron chi connectivity index (χ2n) is 4.38. The Balaban J connectivity index is 2.48. The first kappa shape index (κ1) is 14.8. The van der Waals surface area contributed by atoms with Gasteiger partial charge in [-0.25, -0.2) is 12.8 Å². The van der Waals surface area contributed by atoms with Gasteiger partial charge in [-0.1, -0.05) is 6.07 Å². The number of nitriles is 1. The maximum absolute atomic E-state index is 13.1. The quantitative estimate of drug-likeness (QED) is 0.851. The van der Waals surface area contributed by atoms with Gasteiger partial charge in [-0.05, 0) is 42.8 Å². The molecule has 0 saturated heterocycles. The summed E-state index contributed by atoms with van der Waals surface area (Å²) in [6.45, 7) is 1.58. The van der Waals surface area contributed by atoms with Crippen LogP contribution in [0.3, 0.4) is 0 Å². The predicted molar refractivity (Wildman–Crippen MR) is 77.5 cm³/mol. The number of rotatable bonds is 3. The fourth-order valence-corrected chi connectivity index (χ4v) is 3.18. The number of nitrogen functional groups attached to an aromatic ring is 1. The van der Waals surface area contributed by atoms with Crippen LogP contribution in [0.15, 0.2) is 41.3 Å². The summed E-state index contributed by atoms with van der Waals surface area (Å²) in [5.41, 5.74) is 6.36. The Morgan fingerprint density at radius 2 is 2.00 bits per heavy atom. The van der Waals surface area contributed by atoms with Crippen LogP contribution in [-0.2, 0) is 10.0 Å². The van der Waals surface area contributed by atoms with E-state index in [1.807, 2.05) is 0 Å². The molecule has 0 heterocycles. The van der Waals surface area contributed by atoms with Gasteiger partial charge in [0.15, 0.2) is 0 Å². The van der Waals surface area contributed by atoms with Crippen molar-refractivity contribution in [2.24, 2.45) is 0 Å². The molecule has 0 amide bonds. The van der Waals surface area contributed by atoms with Crippen LogP contribution in [0.1, 0.15) is 11.1 Å². The third kappa shape index (κ3) is 2.95. The number of nitrogens with zero attached hydrogens (tertiary/aromatic N) is 1. The molecule has 0 unspecified atom stereocenters. The van der Waals surface area contributed by atoms with Gasteiger partial charge in [0, 0.05) is 5.69 Å². The van der Waals surface area contributed by atoms with E-state index in [-0.39, 0.29) is 16.1 Å². The van der Waals surface area contributed by atoms with Gasteiger partial charge in [-0.2, -0.15) is 5.26 Å². The molecule has 0 bridgehead atoms. The van der Waals surface area contributed by atoms with Gasteiger partial charge in [-0.15, -0.1) is 0 Å². The fourth-order valence-electron chi connectivity index (χ4n) is 1.82. The van der Waals surface area contributed by atoms with Crippen LogP contribution in [0.5, 0.6) is 0 Å². The van der Waals surface area contributed by atoms with Crippen molar-refractivity contribution in [3.8, 4) is 6.07 Å². The average Bonchev–Trinajstić information content (AvgIpc) is 2.43. The lowest BCUT2D eigenvalue weighted by Gasteiger charge is -2.12. The number of benzene rings is 2. The maximum atomic E-state index is 13.1. The van der Waals surface area contributed by atoms with Gasteiger partial charge in [0.25, 0.3) is 10.0 Å². The number of halogens is 1. The lowest BCUT2D eigenvalue weighted by atomic mass is 10.2. The average molecular weight is 305 g/mol. The topological polar surface area (TPSA) is 96.0 Å². The van der Waals surface area contributed by atoms with Gasteiger partial charge in [0.1, 0.15) is 11.9 Å². The molecule has 0 aliphatic carbocycles. The molecule has 108 valence electrons. The Kier molecular flexibility index (Phi) is 3.82. The summed E-state index contributed by atoms with van der Waals surface area (Å²) in [5, 5.41) is 8.94. The summed E-state index contributed by atoms with van der Waals surface area (Å²) in [6, 6.07) is 9.50. The van der Waals surface area contributed by atoms with Crippen molar-refractivity contribution in [3.63, 3.8) is 0 Å². The minimum Gasteiger partial charge on any atom is -0.398 e. The summed E-state index contributed by atoms with van der Waals surface area (Å²) < 4.78 is 40.1. The summed E-state index contributed by atoms with van der Waals surface area (Å²) in [6.07, 6.45) is 0. The van der Waals surface area contributed by atoms with Crippen LogP contribution in [0.2, 0.25) is 0 Å². The zero-order valence-corrected chi connectivity index (χ0v) is 11.9. The maximum Gasteiger partial charge on any atom is 0.262 e. The highest BCUT2D eigenvalue weighted by Gasteiger charge is 2.19. The van der Waals surface area contributed by atoms with Crippen LogP contribution in [0, 0.1) is 24.1 Å². The third-order valence-electron chi connectivity index (χ3n) is 2.96. The molecule has 0 atom stereocenters. The molecule has 0 spiro atoms. The SMILES string of the molecule is Cc1c(N)cccc1S(=O)(=O)Nc1ccc(F)cc1C#N. The highest BCUT2D eigenvalue weighted by Crippen LogP contribution is 2.24. The molecule has 0 aliphatic heterocycles. The standard InChI is InChI=1S/C14H12FN3O2S/c1-9-12(17)3-2-4-14(9)21(19,20)18-13-6-5-11(15)7-10(13)8-16/h2-7,18H,17H2,1H3. The smallest absolute Gasteiger partial charge is 0.262 e. The zero-order chi connectivity index (χ0) is 15.6. The monoisotopic (exact) mass is 305 g/mol. The zero-order valence-electron chi connectivity index (χ0n) is 11.1. The highest BCUT2D eigenvalue weighted by molar-refractivity contribution is 7.92. The van der Waals surface area contributed by atoms with E-state index in [1.165, 1.54) is 18.2 Å². The number of nitrogens with one attached hydrogen (secondary N) is 1. The minimum absolute atomic E-state index is 0.00992. The first-order valence-electron chi connectivity index (χ1n) is 5.92. The lowest BCUT2D eigenvalue weighted by Crippen LogP contribution is -2.15. The Morgan fingerprint density at radius 3 is 2.67 bits per heavy atom. The van der Waals surface area contributed by atoms with E-state index in [0.29, 0.717) is 11.3 Å². The molecule has 2 aromatic rings. The molecular formula is C14H12FN3O2S. The molecule has 0 radical (unpaired) electrons. The Bertz CT molecular complexity index is 842. The van der Waals surface area contributed by atoms with Crippen LogP contribution in [0.4, 0.5) is 15.8 Å². The van der Waals surface area contributed by atoms with E-state index in [0.717, 1.165) is 12.1 Å². The predicted octanol–water partition coefficient (Wildman–Crippen LogP) is 2.39. The number of sulfonamides is 1. The molecule has 21 heavy (non-hydrogen) atoms. The summed E-state index contributed by atoms with van der Waals surface area (Å²) in [7, 11) is -3.92. The summed E-state index contributed by atoms with van der Waals surface area (Å²) in [4.78, 5) is 0.00992. The van der Waals surface area contributed by atoms with Crippen molar-refractivity contribution < 1.29 is 12.8 Å².